The lowest BCUT2D eigenvalue weighted by molar-refractivity contribution is 0.140. The van der Waals surface area contributed by atoms with Crippen molar-refractivity contribution in [2.24, 2.45) is 5.73 Å². The Morgan fingerprint density at radius 2 is 1.90 bits per heavy atom. The largest absolute Gasteiger partial charge is 0.328 e. The van der Waals surface area contributed by atoms with E-state index in [1.165, 1.54) is 6.07 Å². The van der Waals surface area contributed by atoms with Gasteiger partial charge in [0.25, 0.3) is 0 Å². The Kier molecular flexibility index (Phi) is 5.49. The third-order valence-corrected chi connectivity index (χ3v) is 4.17. The van der Waals surface area contributed by atoms with E-state index in [0.717, 1.165) is 38.6 Å². The van der Waals surface area contributed by atoms with Crippen LogP contribution in [0.4, 0.5) is 8.78 Å². The second-order valence-electron chi connectivity index (χ2n) is 5.75. The number of hydrogen-bond donors (Lipinski definition) is 1. The molecule has 1 saturated carbocycles. The molecule has 0 saturated heterocycles. The minimum atomic E-state index is -0.760. The van der Waals surface area contributed by atoms with Crippen molar-refractivity contribution in [3.05, 3.63) is 35.4 Å². The van der Waals surface area contributed by atoms with Crippen LogP contribution in [0.2, 0.25) is 0 Å². The fourth-order valence-electron chi connectivity index (χ4n) is 3.03. The molecule has 0 heterocycles. The molecule has 112 valence electrons. The molecule has 4 heteroatoms. The molecular weight excluding hydrogens is 258 g/mol. The summed E-state index contributed by atoms with van der Waals surface area (Å²) in [6, 6.07) is 5.17. The second-order valence-corrected chi connectivity index (χ2v) is 5.75. The molecule has 0 aliphatic heterocycles. The van der Waals surface area contributed by atoms with Crippen LogP contribution in [-0.4, -0.2) is 23.5 Å². The molecule has 1 aliphatic rings. The standard InChI is InChI=1S/C16H24F2N2/c1-2-10-20(14-8-6-13(19)7-9-14)11-12-4-3-5-15(17)16(12)18/h3-5,13-14H,2,6-11,19H2,1H3. The van der Waals surface area contributed by atoms with Gasteiger partial charge in [0.15, 0.2) is 11.6 Å². The minimum absolute atomic E-state index is 0.306. The third-order valence-electron chi connectivity index (χ3n) is 4.17. The van der Waals surface area contributed by atoms with E-state index in [-0.39, 0.29) is 0 Å². The Hall–Kier alpha value is -1.00. The molecule has 0 atom stereocenters. The molecule has 0 radical (unpaired) electrons. The lowest BCUT2D eigenvalue weighted by Gasteiger charge is -2.36. The molecule has 2 rings (SSSR count). The summed E-state index contributed by atoms with van der Waals surface area (Å²) in [4.78, 5) is 2.28. The van der Waals surface area contributed by atoms with Crippen molar-refractivity contribution in [1.29, 1.82) is 0 Å². The summed E-state index contributed by atoms with van der Waals surface area (Å²) < 4.78 is 27.1. The normalized spacial score (nSPS) is 23.2. The fourth-order valence-corrected chi connectivity index (χ4v) is 3.03. The summed E-state index contributed by atoms with van der Waals surface area (Å²) in [5.41, 5.74) is 6.39. The van der Waals surface area contributed by atoms with Crippen LogP contribution >= 0.6 is 0 Å². The average Bonchev–Trinajstić information content (AvgIpc) is 2.44. The van der Waals surface area contributed by atoms with Gasteiger partial charge in [-0.2, -0.15) is 0 Å². The fraction of sp³-hybridized carbons (Fsp3) is 0.625. The highest BCUT2D eigenvalue weighted by molar-refractivity contribution is 5.19. The summed E-state index contributed by atoms with van der Waals surface area (Å²) in [5, 5.41) is 0. The second kappa shape index (κ2) is 7.14. The van der Waals surface area contributed by atoms with E-state index in [9.17, 15) is 8.78 Å². The number of rotatable bonds is 5. The molecule has 0 bridgehead atoms. The quantitative estimate of drug-likeness (QED) is 0.896. The monoisotopic (exact) mass is 282 g/mol. The molecule has 20 heavy (non-hydrogen) atoms. The predicted molar refractivity (Wildman–Crippen MR) is 77.3 cm³/mol. The van der Waals surface area contributed by atoms with Crippen LogP contribution in [0.5, 0.6) is 0 Å². The molecule has 0 spiro atoms. The van der Waals surface area contributed by atoms with Gasteiger partial charge in [-0.3, -0.25) is 4.90 Å². The van der Waals surface area contributed by atoms with Gasteiger partial charge < -0.3 is 5.73 Å². The van der Waals surface area contributed by atoms with E-state index in [2.05, 4.69) is 11.8 Å². The molecule has 1 aliphatic carbocycles. The Labute approximate surface area is 120 Å². The lowest BCUT2D eigenvalue weighted by Crippen LogP contribution is -2.41. The van der Waals surface area contributed by atoms with Crippen molar-refractivity contribution >= 4 is 0 Å². The zero-order chi connectivity index (χ0) is 14.5. The van der Waals surface area contributed by atoms with Gasteiger partial charge in [-0.05, 0) is 44.7 Å². The van der Waals surface area contributed by atoms with Gasteiger partial charge in [-0.1, -0.05) is 19.1 Å². The SMILES string of the molecule is CCCN(Cc1cccc(F)c1F)C1CCC(N)CC1. The molecule has 1 aromatic carbocycles. The maximum absolute atomic E-state index is 13.8. The van der Waals surface area contributed by atoms with Gasteiger partial charge >= 0.3 is 0 Å². The predicted octanol–water partition coefficient (Wildman–Crippen LogP) is 3.45. The summed E-state index contributed by atoms with van der Waals surface area (Å²) >= 11 is 0. The van der Waals surface area contributed by atoms with E-state index in [1.807, 2.05) is 0 Å². The lowest BCUT2D eigenvalue weighted by atomic mass is 9.90. The maximum Gasteiger partial charge on any atom is 0.163 e. The Morgan fingerprint density at radius 3 is 2.55 bits per heavy atom. The van der Waals surface area contributed by atoms with E-state index in [1.54, 1.807) is 12.1 Å². The molecule has 0 unspecified atom stereocenters. The number of halogens is 2. The van der Waals surface area contributed by atoms with Crippen LogP contribution < -0.4 is 5.73 Å². The highest BCUT2D eigenvalue weighted by Gasteiger charge is 2.24. The Morgan fingerprint density at radius 1 is 1.20 bits per heavy atom. The van der Waals surface area contributed by atoms with E-state index >= 15 is 0 Å². The van der Waals surface area contributed by atoms with Crippen LogP contribution in [0.1, 0.15) is 44.6 Å². The summed E-state index contributed by atoms with van der Waals surface area (Å²) in [6.45, 7) is 3.51. The molecule has 1 aromatic rings. The first-order valence-corrected chi connectivity index (χ1v) is 7.54. The molecule has 2 nitrogen and oxygen atoms in total. The highest BCUT2D eigenvalue weighted by Crippen LogP contribution is 2.24. The molecule has 0 amide bonds. The highest BCUT2D eigenvalue weighted by atomic mass is 19.2. The van der Waals surface area contributed by atoms with Gasteiger partial charge in [-0.25, -0.2) is 8.78 Å². The van der Waals surface area contributed by atoms with Crippen molar-refractivity contribution in [3.8, 4) is 0 Å². The van der Waals surface area contributed by atoms with Crippen LogP contribution in [0, 0.1) is 11.6 Å². The number of hydrogen-bond acceptors (Lipinski definition) is 2. The van der Waals surface area contributed by atoms with E-state index < -0.39 is 11.6 Å². The molecule has 0 aromatic heterocycles. The summed E-state index contributed by atoms with van der Waals surface area (Å²) in [5.74, 6) is -1.47. The number of nitrogens with two attached hydrogens (primary N) is 1. The molecule has 1 fully saturated rings. The van der Waals surface area contributed by atoms with Crippen molar-refractivity contribution < 1.29 is 8.78 Å². The van der Waals surface area contributed by atoms with Gasteiger partial charge in [0.1, 0.15) is 0 Å². The zero-order valence-electron chi connectivity index (χ0n) is 12.1. The van der Waals surface area contributed by atoms with Gasteiger partial charge in [0.2, 0.25) is 0 Å². The summed E-state index contributed by atoms with van der Waals surface area (Å²) in [7, 11) is 0. The van der Waals surface area contributed by atoms with Crippen LogP contribution in [0.15, 0.2) is 18.2 Å². The van der Waals surface area contributed by atoms with Crippen molar-refractivity contribution in [2.45, 2.75) is 57.7 Å². The van der Waals surface area contributed by atoms with Crippen molar-refractivity contribution in [3.63, 3.8) is 0 Å². The summed E-state index contributed by atoms with van der Waals surface area (Å²) in [6.07, 6.45) is 5.17. The van der Waals surface area contributed by atoms with Crippen LogP contribution in [0.25, 0.3) is 0 Å². The first-order chi connectivity index (χ1) is 9.61. The smallest absolute Gasteiger partial charge is 0.163 e. The van der Waals surface area contributed by atoms with Crippen LogP contribution in [0.3, 0.4) is 0 Å². The topological polar surface area (TPSA) is 29.3 Å². The van der Waals surface area contributed by atoms with Crippen LogP contribution in [-0.2, 0) is 6.54 Å². The Bertz CT molecular complexity index is 428. The van der Waals surface area contributed by atoms with Gasteiger partial charge in [0, 0.05) is 24.2 Å². The van der Waals surface area contributed by atoms with E-state index in [4.69, 9.17) is 5.73 Å². The average molecular weight is 282 g/mol. The Balaban J connectivity index is 2.07. The van der Waals surface area contributed by atoms with Gasteiger partial charge in [0.05, 0.1) is 0 Å². The number of benzene rings is 1. The van der Waals surface area contributed by atoms with Crippen molar-refractivity contribution in [2.75, 3.05) is 6.54 Å². The van der Waals surface area contributed by atoms with Gasteiger partial charge in [-0.15, -0.1) is 0 Å². The zero-order valence-corrected chi connectivity index (χ0v) is 12.1. The van der Waals surface area contributed by atoms with E-state index in [0.29, 0.717) is 24.2 Å². The number of nitrogens with zero attached hydrogens (tertiary/aromatic N) is 1. The third kappa shape index (κ3) is 3.76. The molecule has 2 N–H and O–H groups in total. The first kappa shape index (κ1) is 15.4. The minimum Gasteiger partial charge on any atom is -0.328 e. The van der Waals surface area contributed by atoms with Crippen molar-refractivity contribution in [1.82, 2.24) is 4.90 Å². The first-order valence-electron chi connectivity index (χ1n) is 7.54. The molecular formula is C16H24F2N2. The maximum atomic E-state index is 13.8.